The van der Waals surface area contributed by atoms with Gasteiger partial charge in [-0.1, -0.05) is 12.1 Å². The molecule has 29 heavy (non-hydrogen) atoms. The second-order valence-electron chi connectivity index (χ2n) is 6.46. The van der Waals surface area contributed by atoms with E-state index in [0.29, 0.717) is 31.2 Å². The Bertz CT molecular complexity index is 982. The molecule has 0 atom stereocenters. The smallest absolute Gasteiger partial charge is 0.407 e. The summed E-state index contributed by atoms with van der Waals surface area (Å²) in [6, 6.07) is 11.1. The zero-order valence-corrected chi connectivity index (χ0v) is 16.0. The number of hydrogen-bond donors (Lipinski definition) is 3. The predicted octanol–water partition coefficient (Wildman–Crippen LogP) is 2.71. The minimum Gasteiger partial charge on any atom is -0.465 e. The highest BCUT2D eigenvalue weighted by molar-refractivity contribution is 5.64. The van der Waals surface area contributed by atoms with Crippen molar-refractivity contribution in [3.8, 4) is 11.4 Å². The molecule has 1 amide bonds. The van der Waals surface area contributed by atoms with Gasteiger partial charge in [0, 0.05) is 36.7 Å². The van der Waals surface area contributed by atoms with E-state index < -0.39 is 6.09 Å². The van der Waals surface area contributed by atoms with Crippen molar-refractivity contribution < 1.29 is 15.0 Å². The van der Waals surface area contributed by atoms with Crippen LogP contribution in [-0.2, 0) is 13.0 Å². The van der Waals surface area contributed by atoms with E-state index in [1.165, 1.54) is 11.2 Å². The number of pyridine rings is 1. The number of anilines is 2. The van der Waals surface area contributed by atoms with Gasteiger partial charge in [-0.3, -0.25) is 4.98 Å². The Morgan fingerprint density at radius 1 is 1.17 bits per heavy atom. The Morgan fingerprint density at radius 3 is 2.83 bits per heavy atom. The zero-order chi connectivity index (χ0) is 20.6. The molecule has 0 unspecified atom stereocenters. The van der Waals surface area contributed by atoms with Gasteiger partial charge in [0.05, 0.1) is 6.61 Å². The number of nitrogens with one attached hydrogen (secondary N) is 1. The number of carbonyl (C=O) groups is 1. The molecule has 0 aliphatic heterocycles. The van der Waals surface area contributed by atoms with Crippen molar-refractivity contribution >= 4 is 17.7 Å². The average molecular weight is 394 g/mol. The van der Waals surface area contributed by atoms with E-state index in [4.69, 9.17) is 5.11 Å². The lowest BCUT2D eigenvalue weighted by Crippen LogP contribution is -2.25. The summed E-state index contributed by atoms with van der Waals surface area (Å²) >= 11 is 0. The van der Waals surface area contributed by atoms with E-state index in [9.17, 15) is 9.90 Å². The van der Waals surface area contributed by atoms with E-state index in [1.54, 1.807) is 13.2 Å². The summed E-state index contributed by atoms with van der Waals surface area (Å²) in [6.45, 7) is 0.397. The monoisotopic (exact) mass is 394 g/mol. The van der Waals surface area contributed by atoms with Crippen LogP contribution in [0.1, 0.15) is 17.7 Å². The molecular weight excluding hydrogens is 372 g/mol. The third kappa shape index (κ3) is 5.69. The highest BCUT2D eigenvalue weighted by atomic mass is 16.4. The van der Waals surface area contributed by atoms with Crippen molar-refractivity contribution in [1.29, 1.82) is 0 Å². The summed E-state index contributed by atoms with van der Waals surface area (Å²) in [5, 5.41) is 21.3. The van der Waals surface area contributed by atoms with Crippen LogP contribution in [0.15, 0.2) is 48.9 Å². The normalized spacial score (nSPS) is 10.6. The van der Waals surface area contributed by atoms with Crippen molar-refractivity contribution in [1.82, 2.24) is 24.8 Å². The number of amides is 1. The van der Waals surface area contributed by atoms with Gasteiger partial charge in [-0.2, -0.15) is 4.98 Å². The summed E-state index contributed by atoms with van der Waals surface area (Å²) in [5.41, 5.74) is 3.20. The summed E-state index contributed by atoms with van der Waals surface area (Å²) in [6.07, 6.45) is 3.50. The first-order chi connectivity index (χ1) is 14.0. The molecule has 0 spiro atoms. The van der Waals surface area contributed by atoms with Gasteiger partial charge in [0.25, 0.3) is 0 Å². The highest BCUT2D eigenvalue weighted by Gasteiger charge is 2.08. The minimum absolute atomic E-state index is 0.0416. The van der Waals surface area contributed by atoms with Crippen molar-refractivity contribution in [2.45, 2.75) is 19.4 Å². The lowest BCUT2D eigenvalue weighted by molar-refractivity contribution is 0.155. The van der Waals surface area contributed by atoms with Crippen LogP contribution in [0.5, 0.6) is 0 Å². The lowest BCUT2D eigenvalue weighted by atomic mass is 10.1. The minimum atomic E-state index is -0.943. The molecule has 3 rings (SSSR count). The van der Waals surface area contributed by atoms with E-state index in [0.717, 1.165) is 22.5 Å². The maximum absolute atomic E-state index is 10.8. The number of rotatable bonds is 8. The Labute approximate surface area is 168 Å². The van der Waals surface area contributed by atoms with Gasteiger partial charge < -0.3 is 20.4 Å². The molecule has 9 heteroatoms. The van der Waals surface area contributed by atoms with Gasteiger partial charge in [0.15, 0.2) is 5.82 Å². The van der Waals surface area contributed by atoms with Gasteiger partial charge in [-0.05, 0) is 42.7 Å². The molecule has 0 bridgehead atoms. The third-order valence-electron chi connectivity index (χ3n) is 4.27. The van der Waals surface area contributed by atoms with Crippen LogP contribution in [0.4, 0.5) is 16.4 Å². The first-order valence-corrected chi connectivity index (χ1v) is 9.10. The molecule has 150 valence electrons. The first-order valence-electron chi connectivity index (χ1n) is 9.10. The molecule has 0 radical (unpaired) electrons. The maximum atomic E-state index is 10.8. The number of carboxylic acid groups (broad SMARTS) is 1. The molecule has 1 aromatic carbocycles. The summed E-state index contributed by atoms with van der Waals surface area (Å²) in [5.74, 6) is 0.902. The first kappa shape index (κ1) is 20.2. The third-order valence-corrected chi connectivity index (χ3v) is 4.27. The standard InChI is InChI=1S/C20H22N6O3/c1-26(20(28)29)9-3-6-16-11-15(7-8-21-16)18-22-13-23-19(25-18)24-17-5-2-4-14(10-17)12-27/h2,4-5,7-8,10-11,13,27H,3,6,9,12H2,1H3,(H,28,29)(H,22,23,24,25). The van der Waals surface area contributed by atoms with Crippen molar-refractivity contribution in [2.75, 3.05) is 18.9 Å². The largest absolute Gasteiger partial charge is 0.465 e. The van der Waals surface area contributed by atoms with E-state index in [2.05, 4.69) is 25.3 Å². The molecule has 0 saturated carbocycles. The molecule has 2 heterocycles. The van der Waals surface area contributed by atoms with E-state index >= 15 is 0 Å². The van der Waals surface area contributed by atoms with E-state index in [-0.39, 0.29) is 6.61 Å². The predicted molar refractivity (Wildman–Crippen MR) is 108 cm³/mol. The zero-order valence-electron chi connectivity index (χ0n) is 16.0. The summed E-state index contributed by atoms with van der Waals surface area (Å²) < 4.78 is 0. The van der Waals surface area contributed by atoms with Crippen LogP contribution in [0, 0.1) is 0 Å². The quantitative estimate of drug-likeness (QED) is 0.533. The summed E-state index contributed by atoms with van der Waals surface area (Å²) in [4.78, 5) is 29.3. The second-order valence-corrected chi connectivity index (χ2v) is 6.46. The number of nitrogens with zero attached hydrogens (tertiary/aromatic N) is 5. The number of benzene rings is 1. The van der Waals surface area contributed by atoms with Crippen molar-refractivity contribution in [3.05, 3.63) is 60.2 Å². The Morgan fingerprint density at radius 2 is 2.03 bits per heavy atom. The molecule has 0 aliphatic rings. The SMILES string of the molecule is CN(CCCc1cc(-c2ncnc(Nc3cccc(CO)c3)n2)ccn1)C(=O)O. The Balaban J connectivity index is 1.70. The number of hydrogen-bond acceptors (Lipinski definition) is 7. The fourth-order valence-corrected chi connectivity index (χ4v) is 2.72. The van der Waals surface area contributed by atoms with Gasteiger partial charge >= 0.3 is 6.09 Å². The van der Waals surface area contributed by atoms with Gasteiger partial charge in [-0.25, -0.2) is 14.8 Å². The van der Waals surface area contributed by atoms with Crippen LogP contribution >= 0.6 is 0 Å². The van der Waals surface area contributed by atoms with Crippen LogP contribution < -0.4 is 5.32 Å². The number of aryl methyl sites for hydroxylation is 1. The Hall–Kier alpha value is -3.59. The van der Waals surface area contributed by atoms with Gasteiger partial charge in [0.1, 0.15) is 6.33 Å². The summed E-state index contributed by atoms with van der Waals surface area (Å²) in [7, 11) is 1.54. The lowest BCUT2D eigenvalue weighted by Gasteiger charge is -2.12. The maximum Gasteiger partial charge on any atom is 0.407 e. The molecule has 0 saturated heterocycles. The molecule has 0 fully saturated rings. The van der Waals surface area contributed by atoms with Crippen molar-refractivity contribution in [3.63, 3.8) is 0 Å². The molecule has 0 aliphatic carbocycles. The molecular formula is C20H22N6O3. The second kappa shape index (κ2) is 9.56. The van der Waals surface area contributed by atoms with Crippen molar-refractivity contribution in [2.24, 2.45) is 0 Å². The van der Waals surface area contributed by atoms with Crippen LogP contribution in [-0.4, -0.2) is 54.7 Å². The highest BCUT2D eigenvalue weighted by Crippen LogP contribution is 2.19. The fraction of sp³-hybridized carbons (Fsp3) is 0.250. The topological polar surface area (TPSA) is 124 Å². The Kier molecular flexibility index (Phi) is 6.64. The number of aromatic nitrogens is 4. The molecule has 2 aromatic heterocycles. The van der Waals surface area contributed by atoms with Crippen LogP contribution in [0.25, 0.3) is 11.4 Å². The van der Waals surface area contributed by atoms with Crippen LogP contribution in [0.3, 0.4) is 0 Å². The fourth-order valence-electron chi connectivity index (χ4n) is 2.72. The van der Waals surface area contributed by atoms with Gasteiger partial charge in [0.2, 0.25) is 5.95 Å². The molecule has 3 aromatic rings. The molecule has 3 N–H and O–H groups in total. The average Bonchev–Trinajstić information content (AvgIpc) is 2.74. The van der Waals surface area contributed by atoms with E-state index in [1.807, 2.05) is 36.4 Å². The molecule has 9 nitrogen and oxygen atoms in total. The number of aliphatic hydroxyl groups is 1. The van der Waals surface area contributed by atoms with Crippen LogP contribution in [0.2, 0.25) is 0 Å². The number of aliphatic hydroxyl groups excluding tert-OH is 1. The van der Waals surface area contributed by atoms with Gasteiger partial charge in [-0.15, -0.1) is 0 Å².